The van der Waals surface area contributed by atoms with E-state index in [-0.39, 0.29) is 4.90 Å². The van der Waals surface area contributed by atoms with E-state index in [4.69, 9.17) is 0 Å². The van der Waals surface area contributed by atoms with Gasteiger partial charge in [0.05, 0.1) is 4.90 Å². The highest BCUT2D eigenvalue weighted by molar-refractivity contribution is 7.89. The lowest BCUT2D eigenvalue weighted by Crippen LogP contribution is -2.52. The summed E-state index contributed by atoms with van der Waals surface area (Å²) in [6, 6.07) is 7.30. The predicted molar refractivity (Wildman–Crippen MR) is 85.1 cm³/mol. The molecule has 6 nitrogen and oxygen atoms in total. The highest BCUT2D eigenvalue weighted by Gasteiger charge is 2.21. The smallest absolute Gasteiger partial charge is 0.240 e. The molecule has 0 aliphatic carbocycles. The van der Waals surface area contributed by atoms with E-state index in [9.17, 15) is 8.42 Å². The molecule has 1 heterocycles. The van der Waals surface area contributed by atoms with E-state index in [0.29, 0.717) is 6.04 Å². The van der Waals surface area contributed by atoms with E-state index in [1.807, 2.05) is 0 Å². The molecule has 1 aliphatic heterocycles. The fourth-order valence-corrected chi connectivity index (χ4v) is 3.16. The maximum absolute atomic E-state index is 11.7. The zero-order valence-electron chi connectivity index (χ0n) is 12.8. The Balaban J connectivity index is 1.95. The summed E-state index contributed by atoms with van der Waals surface area (Å²) in [6.45, 7) is 4.06. The highest BCUT2D eigenvalue weighted by Crippen LogP contribution is 2.14. The van der Waals surface area contributed by atoms with Crippen molar-refractivity contribution in [3.8, 4) is 0 Å². The zero-order chi connectivity index (χ0) is 15.5. The van der Waals surface area contributed by atoms with E-state index < -0.39 is 10.0 Å². The van der Waals surface area contributed by atoms with Crippen LogP contribution in [0, 0.1) is 0 Å². The molecule has 0 saturated carbocycles. The molecule has 0 amide bonds. The summed E-state index contributed by atoms with van der Waals surface area (Å²) in [4.78, 5) is 4.96. The molecule has 1 fully saturated rings. The van der Waals surface area contributed by atoms with Gasteiger partial charge in [0.2, 0.25) is 10.0 Å². The van der Waals surface area contributed by atoms with Crippen molar-refractivity contribution in [1.29, 1.82) is 0 Å². The number of likely N-dealkylation sites (N-methyl/N-ethyl adjacent to an activating group) is 2. The fraction of sp³-hybridized carbons (Fsp3) is 0.571. The van der Waals surface area contributed by atoms with Gasteiger partial charge in [-0.1, -0.05) is 0 Å². The minimum atomic E-state index is -3.36. The Hall–Kier alpha value is -1.15. The van der Waals surface area contributed by atoms with E-state index in [0.717, 1.165) is 31.9 Å². The minimum absolute atomic E-state index is 0.282. The molecule has 1 aromatic rings. The number of rotatable bonds is 5. The standard InChI is InChI=1S/C14H24N4O2S/c1-15-21(19,20)14-6-4-12(5-7-14)16-10-13-11-17(2)8-9-18(13)3/h4-7,13,15-16H,8-11H2,1-3H3. The Morgan fingerprint density at radius 1 is 1.19 bits per heavy atom. The lowest BCUT2D eigenvalue weighted by atomic mass is 10.2. The predicted octanol–water partition coefficient (Wildman–Crippen LogP) is 0.252. The molecule has 1 aliphatic rings. The highest BCUT2D eigenvalue weighted by atomic mass is 32.2. The van der Waals surface area contributed by atoms with Gasteiger partial charge >= 0.3 is 0 Å². The van der Waals surface area contributed by atoms with Crippen LogP contribution in [0.25, 0.3) is 0 Å². The molecule has 0 radical (unpaired) electrons. The Morgan fingerprint density at radius 3 is 2.48 bits per heavy atom. The van der Waals surface area contributed by atoms with Crippen LogP contribution in [0.2, 0.25) is 0 Å². The Kier molecular flexibility index (Phi) is 5.21. The normalized spacial score (nSPS) is 21.4. The minimum Gasteiger partial charge on any atom is -0.383 e. The van der Waals surface area contributed by atoms with Crippen molar-refractivity contribution >= 4 is 15.7 Å². The average Bonchev–Trinajstić information content (AvgIpc) is 2.48. The van der Waals surface area contributed by atoms with E-state index in [1.54, 1.807) is 24.3 Å². The van der Waals surface area contributed by atoms with Gasteiger partial charge in [0.25, 0.3) is 0 Å². The molecule has 1 atom stereocenters. The number of benzene rings is 1. The molecule has 1 unspecified atom stereocenters. The summed E-state index contributed by atoms with van der Waals surface area (Å²) < 4.78 is 25.6. The molecule has 2 N–H and O–H groups in total. The summed E-state index contributed by atoms with van der Waals surface area (Å²) in [6.07, 6.45) is 0. The number of nitrogens with one attached hydrogen (secondary N) is 2. The van der Waals surface area contributed by atoms with Crippen LogP contribution in [0.3, 0.4) is 0 Å². The lowest BCUT2D eigenvalue weighted by Gasteiger charge is -2.37. The van der Waals surface area contributed by atoms with Crippen LogP contribution in [0.4, 0.5) is 5.69 Å². The summed E-state index contributed by atoms with van der Waals surface area (Å²) in [5.41, 5.74) is 0.937. The third-order valence-corrected chi connectivity index (χ3v) is 5.39. The second-order valence-corrected chi connectivity index (χ2v) is 7.40. The Morgan fingerprint density at radius 2 is 1.86 bits per heavy atom. The number of sulfonamides is 1. The van der Waals surface area contributed by atoms with Gasteiger partial charge in [0, 0.05) is 37.9 Å². The lowest BCUT2D eigenvalue weighted by molar-refractivity contribution is 0.122. The molecule has 0 aromatic heterocycles. The van der Waals surface area contributed by atoms with Gasteiger partial charge in [-0.05, 0) is 45.4 Å². The Labute approximate surface area is 127 Å². The van der Waals surface area contributed by atoms with Crippen LogP contribution in [0.1, 0.15) is 0 Å². The maximum atomic E-state index is 11.7. The second-order valence-electron chi connectivity index (χ2n) is 5.51. The first-order valence-electron chi connectivity index (χ1n) is 7.08. The SMILES string of the molecule is CNS(=O)(=O)c1ccc(NCC2CN(C)CCN2C)cc1. The van der Waals surface area contributed by atoms with Crippen molar-refractivity contribution in [2.45, 2.75) is 10.9 Å². The van der Waals surface area contributed by atoms with Gasteiger partial charge in [-0.15, -0.1) is 0 Å². The summed E-state index contributed by atoms with van der Waals surface area (Å²) >= 11 is 0. The molecule has 7 heteroatoms. The first-order valence-corrected chi connectivity index (χ1v) is 8.57. The topological polar surface area (TPSA) is 64.7 Å². The van der Waals surface area contributed by atoms with Crippen LogP contribution < -0.4 is 10.0 Å². The number of hydrogen-bond acceptors (Lipinski definition) is 5. The van der Waals surface area contributed by atoms with Crippen molar-refractivity contribution in [3.05, 3.63) is 24.3 Å². The van der Waals surface area contributed by atoms with Crippen molar-refractivity contribution in [2.24, 2.45) is 0 Å². The van der Waals surface area contributed by atoms with Gasteiger partial charge in [-0.3, -0.25) is 4.90 Å². The maximum Gasteiger partial charge on any atom is 0.240 e. The molecule has 1 aromatic carbocycles. The van der Waals surface area contributed by atoms with Gasteiger partial charge in [0.1, 0.15) is 0 Å². The van der Waals surface area contributed by atoms with Crippen LogP contribution in [0.15, 0.2) is 29.2 Å². The van der Waals surface area contributed by atoms with Gasteiger partial charge in [0.15, 0.2) is 0 Å². The quantitative estimate of drug-likeness (QED) is 0.816. The number of piperazine rings is 1. The van der Waals surface area contributed by atoms with Crippen molar-refractivity contribution in [1.82, 2.24) is 14.5 Å². The summed E-state index contributed by atoms with van der Waals surface area (Å²) in [5, 5.41) is 3.38. The van der Waals surface area contributed by atoms with E-state index >= 15 is 0 Å². The zero-order valence-corrected chi connectivity index (χ0v) is 13.7. The van der Waals surface area contributed by atoms with Gasteiger partial charge in [-0.25, -0.2) is 13.1 Å². The monoisotopic (exact) mass is 312 g/mol. The van der Waals surface area contributed by atoms with Crippen molar-refractivity contribution in [3.63, 3.8) is 0 Å². The first-order chi connectivity index (χ1) is 9.92. The summed E-state index contributed by atoms with van der Waals surface area (Å²) in [5.74, 6) is 0. The molecule has 1 saturated heterocycles. The molecule has 21 heavy (non-hydrogen) atoms. The largest absolute Gasteiger partial charge is 0.383 e. The van der Waals surface area contributed by atoms with Gasteiger partial charge < -0.3 is 10.2 Å². The molecular formula is C14H24N4O2S. The number of nitrogens with zero attached hydrogens (tertiary/aromatic N) is 2. The average molecular weight is 312 g/mol. The number of anilines is 1. The molecule has 2 rings (SSSR count). The van der Waals surface area contributed by atoms with Crippen molar-refractivity contribution in [2.75, 3.05) is 52.6 Å². The van der Waals surface area contributed by atoms with Gasteiger partial charge in [-0.2, -0.15) is 0 Å². The molecule has 0 spiro atoms. The Bertz CT molecular complexity index is 559. The van der Waals surface area contributed by atoms with Crippen LogP contribution in [0.5, 0.6) is 0 Å². The summed E-state index contributed by atoms with van der Waals surface area (Å²) in [7, 11) is 2.33. The second kappa shape index (κ2) is 6.74. The van der Waals surface area contributed by atoms with E-state index in [2.05, 4.69) is 33.9 Å². The molecular weight excluding hydrogens is 288 g/mol. The molecule has 0 bridgehead atoms. The number of hydrogen-bond donors (Lipinski definition) is 2. The van der Waals surface area contributed by atoms with Crippen molar-refractivity contribution < 1.29 is 8.42 Å². The molecule has 118 valence electrons. The fourth-order valence-electron chi connectivity index (χ4n) is 2.43. The first kappa shape index (κ1) is 16.2. The van der Waals surface area contributed by atoms with Crippen LogP contribution in [-0.2, 0) is 10.0 Å². The third-order valence-electron chi connectivity index (χ3n) is 3.96. The van der Waals surface area contributed by atoms with Crippen LogP contribution in [-0.4, -0.2) is 71.6 Å². The van der Waals surface area contributed by atoms with E-state index in [1.165, 1.54) is 7.05 Å². The van der Waals surface area contributed by atoms with Crippen LogP contribution >= 0.6 is 0 Å². The third kappa shape index (κ3) is 4.16.